The largest absolute Gasteiger partial charge is 0.481 e. The van der Waals surface area contributed by atoms with E-state index < -0.39 is 120 Å². The lowest BCUT2D eigenvalue weighted by molar-refractivity contribution is -0.138. The average molecular weight is 1210 g/mol. The molecule has 3 unspecified atom stereocenters. The van der Waals surface area contributed by atoms with E-state index in [0.29, 0.717) is 19.3 Å². The summed E-state index contributed by atoms with van der Waals surface area (Å²) in [6.07, 6.45) is 3.13. The highest BCUT2D eigenvalue weighted by Crippen LogP contribution is 2.61. The van der Waals surface area contributed by atoms with E-state index in [1.807, 2.05) is 6.08 Å². The lowest BCUT2D eigenvalue weighted by Gasteiger charge is -2.30. The van der Waals surface area contributed by atoms with Crippen molar-refractivity contribution < 1.29 is 110 Å². The Labute approximate surface area is 455 Å². The average Bonchev–Trinajstić information content (AvgIpc) is 3.91. The lowest BCUT2D eigenvalue weighted by atomic mass is 9.87. The molecule has 2 aromatic rings. The van der Waals surface area contributed by atoms with E-state index in [4.69, 9.17) is 35.5 Å². The van der Waals surface area contributed by atoms with Crippen LogP contribution in [0, 0.1) is 5.41 Å². The summed E-state index contributed by atoms with van der Waals surface area (Å²) in [4.78, 5) is 110. The Morgan fingerprint density at radius 3 is 2.29 bits per heavy atom. The molecular weight excluding hydrogens is 1140 g/mol. The highest BCUT2D eigenvalue weighted by molar-refractivity contribution is 8.13. The van der Waals surface area contributed by atoms with Crippen molar-refractivity contribution in [2.24, 2.45) is 11.1 Å². The zero-order valence-corrected chi connectivity index (χ0v) is 46.4. The number of carbonyl (C=O) groups excluding carboxylic acids is 3. The normalized spacial score (nSPS) is 20.8. The standard InChI is InChI=1S/C42H67N8O23P3S2/c1-42(2,22-70-76(67,68)73-75(65,66)69-20-28-35(72-74(62,63)64)34(57)40(71-28)50-24-49-33-37(44)47-23-48-38(33)50)36(58)39(59)46-16-15-30(53)45-17-18-77-32(56)19-25(51)11-8-6-4-3-5-7-9-13-29(78-21-26(43)41(60)61)27(52)12-10-14-31(54)55/h3-5,7,9,13,23-29,34-36,40,51-52,57-58H,6,8,10-12,14-22,43H2,1-2H3,(H,45,53)(H,46,59)(H,54,55)(H,60,61)(H,65,66)(H,67,68)(H2,44,47,48)(H2,62,63,64)/b4-3-,7-5+,13-9+/t25-,26+,27-,28+,29+,34-,35-,36?,40+/m0/s1. The molecule has 1 aliphatic heterocycles. The number of phosphoric ester groups is 3. The number of aliphatic hydroxyl groups is 4. The number of rotatable bonds is 37. The Kier molecular flexibility index (Phi) is 28.3. The van der Waals surface area contributed by atoms with Crippen molar-refractivity contribution >= 4 is 92.8 Å². The van der Waals surface area contributed by atoms with Gasteiger partial charge >= 0.3 is 35.4 Å². The van der Waals surface area contributed by atoms with Gasteiger partial charge in [-0.05, 0) is 32.1 Å². The summed E-state index contributed by atoms with van der Waals surface area (Å²) in [7, 11) is -16.5. The molecule has 3 heterocycles. The molecular formula is C42H67N8O23P3S2. The fourth-order valence-corrected chi connectivity index (χ4v) is 11.5. The number of aromatic nitrogens is 4. The molecule has 16 N–H and O–H groups in total. The van der Waals surface area contributed by atoms with E-state index in [1.165, 1.54) is 13.8 Å². The number of fused-ring (bicyclic) bond motifs is 1. The van der Waals surface area contributed by atoms with Gasteiger partial charge in [-0.25, -0.2) is 28.6 Å². The van der Waals surface area contributed by atoms with E-state index >= 15 is 0 Å². The molecule has 0 aromatic carbocycles. The van der Waals surface area contributed by atoms with Crippen molar-refractivity contribution in [1.29, 1.82) is 0 Å². The molecule has 11 atom stereocenters. The van der Waals surface area contributed by atoms with Crippen molar-refractivity contribution in [3.05, 3.63) is 49.1 Å². The highest BCUT2D eigenvalue weighted by Gasteiger charge is 2.50. The van der Waals surface area contributed by atoms with Gasteiger partial charge in [0.2, 0.25) is 11.8 Å². The number of nitrogens with two attached hydrogens (primary N) is 2. The third-order valence-corrected chi connectivity index (χ3v) is 16.3. The zero-order chi connectivity index (χ0) is 58.4. The number of hydrogen-bond donors (Lipinski definition) is 14. The van der Waals surface area contributed by atoms with E-state index in [-0.39, 0.29) is 78.8 Å². The van der Waals surface area contributed by atoms with Crippen molar-refractivity contribution in [2.45, 2.75) is 119 Å². The van der Waals surface area contributed by atoms with Gasteiger partial charge < -0.3 is 77.1 Å². The Hall–Kier alpha value is -4.05. The van der Waals surface area contributed by atoms with Crippen LogP contribution in [0.15, 0.2) is 49.1 Å². The number of nitrogens with zero attached hydrogens (tertiary/aromatic N) is 4. The van der Waals surface area contributed by atoms with Crippen LogP contribution < -0.4 is 22.1 Å². The molecule has 0 aliphatic carbocycles. The van der Waals surface area contributed by atoms with Crippen LogP contribution in [-0.2, 0) is 60.3 Å². The fourth-order valence-electron chi connectivity index (χ4n) is 6.80. The van der Waals surface area contributed by atoms with Gasteiger partial charge in [-0.3, -0.25) is 42.1 Å². The number of carboxylic acids is 2. The van der Waals surface area contributed by atoms with E-state index in [9.17, 15) is 77.7 Å². The third-order valence-electron chi connectivity index (χ3n) is 10.9. The zero-order valence-electron chi connectivity index (χ0n) is 42.1. The maximum atomic E-state index is 12.8. The Morgan fingerprint density at radius 2 is 1.62 bits per heavy atom. The predicted molar refractivity (Wildman–Crippen MR) is 278 cm³/mol. The first kappa shape index (κ1) is 68.2. The highest BCUT2D eigenvalue weighted by atomic mass is 32.2. The lowest BCUT2D eigenvalue weighted by Crippen LogP contribution is -2.46. The van der Waals surface area contributed by atoms with E-state index in [0.717, 1.165) is 40.7 Å². The number of imidazole rings is 1. The minimum Gasteiger partial charge on any atom is -0.481 e. The van der Waals surface area contributed by atoms with Gasteiger partial charge in [-0.2, -0.15) is 4.31 Å². The number of unbranched alkanes of at least 4 members (excludes halogenated alkanes) is 1. The Bertz CT molecular complexity index is 2560. The third kappa shape index (κ3) is 24.8. The molecule has 1 saturated heterocycles. The summed E-state index contributed by atoms with van der Waals surface area (Å²) in [6.45, 7) is 0.146. The number of nitrogen functional groups attached to an aromatic ring is 1. The minimum atomic E-state index is -5.62. The maximum Gasteiger partial charge on any atom is 0.481 e. The van der Waals surface area contributed by atoms with Crippen molar-refractivity contribution in [3.8, 4) is 0 Å². The summed E-state index contributed by atoms with van der Waals surface area (Å²) in [5, 5.41) is 64.4. The van der Waals surface area contributed by atoms with Gasteiger partial charge in [0.1, 0.15) is 42.3 Å². The van der Waals surface area contributed by atoms with Crippen molar-refractivity contribution in [1.82, 2.24) is 30.2 Å². The fraction of sp³-hybridized carbons (Fsp3) is 0.619. The number of nitrogens with one attached hydrogen (secondary N) is 2. The van der Waals surface area contributed by atoms with Crippen LogP contribution in [0.4, 0.5) is 5.82 Å². The number of amides is 2. The molecule has 2 amide bonds. The smallest absolute Gasteiger partial charge is 0.481 e. The van der Waals surface area contributed by atoms with Crippen LogP contribution in [0.2, 0.25) is 0 Å². The summed E-state index contributed by atoms with van der Waals surface area (Å²) in [6, 6.07) is -1.13. The molecule has 1 fully saturated rings. The van der Waals surface area contributed by atoms with Gasteiger partial charge in [-0.15, -0.1) is 11.8 Å². The van der Waals surface area contributed by atoms with Gasteiger partial charge in [0.25, 0.3) is 0 Å². The van der Waals surface area contributed by atoms with E-state index in [1.54, 1.807) is 30.4 Å². The van der Waals surface area contributed by atoms with Crippen LogP contribution in [0.3, 0.4) is 0 Å². The number of hydrogen-bond acceptors (Lipinski definition) is 24. The number of phosphoric acid groups is 3. The SMILES string of the molecule is CC(C)(COP(=O)(O)OP(=O)(O)OC[C@H]1O[C@@H](n2cnc3c(N)ncnc32)[C@@H](O)[C@H]1OP(=O)(O)O)C(O)C(=O)NCCC(=O)NCCSC(=O)C[C@@H](O)CCC\C=C/C=C/C=C/[C@@H](SC[C@@H](N)C(=O)O)[C@@H](O)CCCC(=O)O. The first-order valence-electron chi connectivity index (χ1n) is 23.6. The minimum absolute atomic E-state index is 0.0104. The quantitative estimate of drug-likeness (QED) is 0.0247. The molecule has 31 nitrogen and oxygen atoms in total. The van der Waals surface area contributed by atoms with Gasteiger partial charge in [0.05, 0.1) is 31.7 Å². The number of anilines is 1. The number of aliphatic carboxylic acids is 2. The monoisotopic (exact) mass is 1210 g/mol. The summed E-state index contributed by atoms with van der Waals surface area (Å²) >= 11 is 2.06. The van der Waals surface area contributed by atoms with Gasteiger partial charge in [-0.1, -0.05) is 62.1 Å². The summed E-state index contributed by atoms with van der Waals surface area (Å²) in [5.41, 5.74) is 9.75. The molecule has 36 heteroatoms. The summed E-state index contributed by atoms with van der Waals surface area (Å²) < 4.78 is 62.4. The molecule has 3 rings (SSSR count). The number of thioether (sulfide) groups is 2. The predicted octanol–water partition coefficient (Wildman–Crippen LogP) is 0.384. The van der Waals surface area contributed by atoms with Crippen LogP contribution >= 0.6 is 47.0 Å². The number of ether oxygens (including phenoxy) is 1. The molecule has 78 heavy (non-hydrogen) atoms. The van der Waals surface area contributed by atoms with Crippen LogP contribution in [-0.4, -0.2) is 184 Å². The maximum absolute atomic E-state index is 12.8. The van der Waals surface area contributed by atoms with E-state index in [2.05, 4.69) is 34.4 Å². The molecule has 0 saturated carbocycles. The first-order chi connectivity index (χ1) is 36.4. The second kappa shape index (κ2) is 32.4. The molecule has 0 radical (unpaired) electrons. The number of aliphatic hydroxyl groups excluding tert-OH is 4. The molecule has 0 spiro atoms. The van der Waals surface area contributed by atoms with Gasteiger partial charge in [0, 0.05) is 54.5 Å². The number of carboxylic acid groups (broad SMARTS) is 2. The van der Waals surface area contributed by atoms with Crippen LogP contribution in [0.25, 0.3) is 11.2 Å². The molecule has 2 aromatic heterocycles. The Balaban J connectivity index is 1.32. The van der Waals surface area contributed by atoms with Crippen LogP contribution in [0.5, 0.6) is 0 Å². The van der Waals surface area contributed by atoms with Gasteiger partial charge in [0.15, 0.2) is 22.8 Å². The molecule has 0 bridgehead atoms. The van der Waals surface area contributed by atoms with Crippen molar-refractivity contribution in [2.75, 3.05) is 43.5 Å². The van der Waals surface area contributed by atoms with Crippen molar-refractivity contribution in [3.63, 3.8) is 0 Å². The number of carbonyl (C=O) groups is 5. The Morgan fingerprint density at radius 1 is 0.923 bits per heavy atom. The summed E-state index contributed by atoms with van der Waals surface area (Å²) in [5.74, 6) is -3.55. The second-order valence-electron chi connectivity index (χ2n) is 17.9. The second-order valence-corrected chi connectivity index (χ2v) is 24.5. The molecule has 1 aliphatic rings. The number of allylic oxidation sites excluding steroid dienone is 5. The van der Waals surface area contributed by atoms with Crippen LogP contribution in [0.1, 0.15) is 71.4 Å². The topological polar surface area (TPSA) is 505 Å². The molecule has 440 valence electrons. The first-order valence-corrected chi connectivity index (χ1v) is 30.2.